The number of allylic oxidation sites excluding steroid dienone is 20. The van der Waals surface area contributed by atoms with Crippen LogP contribution in [0.2, 0.25) is 0 Å². The van der Waals surface area contributed by atoms with Gasteiger partial charge in [-0.2, -0.15) is 0 Å². The van der Waals surface area contributed by atoms with Gasteiger partial charge in [-0.1, -0.05) is 135 Å². The maximum absolute atomic E-state index is 12.6. The Hall–Kier alpha value is -3.59. The highest BCUT2D eigenvalue weighted by molar-refractivity contribution is 7.47. The summed E-state index contributed by atoms with van der Waals surface area (Å²) < 4.78 is 32.7. The molecule has 320 valence electrons. The average molecular weight is 812 g/mol. The number of ether oxygens (including phenoxy) is 2. The molecule has 0 saturated carbocycles. The molecule has 0 bridgehead atoms. The zero-order valence-corrected chi connectivity index (χ0v) is 35.9. The van der Waals surface area contributed by atoms with E-state index in [1.165, 1.54) is 0 Å². The average Bonchev–Trinajstić information content (AvgIpc) is 3.20. The molecule has 0 aromatic rings. The number of phosphoric ester groups is 1. The second kappa shape index (κ2) is 42.0. The summed E-state index contributed by atoms with van der Waals surface area (Å²) in [5, 5.41) is 0. The Bertz CT molecular complexity index is 1340. The van der Waals surface area contributed by atoms with Crippen molar-refractivity contribution in [2.45, 2.75) is 136 Å². The monoisotopic (exact) mass is 812 g/mol. The van der Waals surface area contributed by atoms with E-state index in [4.69, 9.17) is 24.3 Å². The molecule has 0 aromatic carbocycles. The lowest BCUT2D eigenvalue weighted by Crippen LogP contribution is -2.29. The summed E-state index contributed by atoms with van der Waals surface area (Å²) in [4.78, 5) is 34.8. The van der Waals surface area contributed by atoms with Crippen LogP contribution >= 0.6 is 7.82 Å². The number of nitrogens with two attached hydrogens (primary N) is 1. The van der Waals surface area contributed by atoms with E-state index in [2.05, 4.69) is 135 Å². The number of hydrogen-bond acceptors (Lipinski definition) is 8. The van der Waals surface area contributed by atoms with E-state index in [0.29, 0.717) is 12.8 Å². The topological polar surface area (TPSA) is 134 Å². The molecule has 3 N–H and O–H groups in total. The zero-order valence-electron chi connectivity index (χ0n) is 35.0. The third-order valence-corrected chi connectivity index (χ3v) is 8.83. The number of carbonyl (C=O) groups is 2. The van der Waals surface area contributed by atoms with Crippen molar-refractivity contribution in [1.29, 1.82) is 0 Å². The maximum Gasteiger partial charge on any atom is 0.472 e. The number of hydrogen-bond donors (Lipinski definition) is 2. The van der Waals surface area contributed by atoms with Gasteiger partial charge in [0.05, 0.1) is 13.2 Å². The van der Waals surface area contributed by atoms with E-state index in [0.717, 1.165) is 89.9 Å². The first-order chi connectivity index (χ1) is 27.8. The van der Waals surface area contributed by atoms with Crippen molar-refractivity contribution in [2.24, 2.45) is 5.73 Å². The molecule has 0 saturated heterocycles. The predicted octanol–water partition coefficient (Wildman–Crippen LogP) is 12.2. The predicted molar refractivity (Wildman–Crippen MR) is 237 cm³/mol. The Labute approximate surface area is 345 Å². The summed E-state index contributed by atoms with van der Waals surface area (Å²) in [5.41, 5.74) is 5.34. The molecule has 0 fully saturated rings. The van der Waals surface area contributed by atoms with E-state index in [1.807, 2.05) is 0 Å². The lowest BCUT2D eigenvalue weighted by atomic mass is 10.1. The van der Waals surface area contributed by atoms with Gasteiger partial charge in [0.2, 0.25) is 0 Å². The highest BCUT2D eigenvalue weighted by Gasteiger charge is 2.25. The summed E-state index contributed by atoms with van der Waals surface area (Å²) in [5.74, 6) is -0.944. The number of rotatable bonds is 37. The van der Waals surface area contributed by atoms with Crippen LogP contribution in [0.4, 0.5) is 0 Å². The van der Waals surface area contributed by atoms with Gasteiger partial charge in [0.1, 0.15) is 6.61 Å². The molecule has 0 aliphatic rings. The van der Waals surface area contributed by atoms with Gasteiger partial charge in [-0.25, -0.2) is 4.57 Å². The fourth-order valence-corrected chi connectivity index (χ4v) is 5.57. The second-order valence-corrected chi connectivity index (χ2v) is 14.5. The second-order valence-electron chi connectivity index (χ2n) is 13.1. The Kier molecular flexibility index (Phi) is 39.4. The van der Waals surface area contributed by atoms with Crippen molar-refractivity contribution in [3.05, 3.63) is 122 Å². The van der Waals surface area contributed by atoms with Crippen LogP contribution in [-0.2, 0) is 32.7 Å². The Morgan fingerprint density at radius 3 is 1.28 bits per heavy atom. The van der Waals surface area contributed by atoms with E-state index < -0.39 is 32.5 Å². The largest absolute Gasteiger partial charge is 0.472 e. The number of carbonyl (C=O) groups excluding carboxylic acids is 2. The quantitative estimate of drug-likeness (QED) is 0.0272. The van der Waals surface area contributed by atoms with Gasteiger partial charge in [-0.05, 0) is 103 Å². The molecule has 10 heteroatoms. The van der Waals surface area contributed by atoms with Gasteiger partial charge in [-0.3, -0.25) is 18.6 Å². The molecular formula is C47H74NO8P. The van der Waals surface area contributed by atoms with Gasteiger partial charge in [-0.15, -0.1) is 0 Å². The minimum atomic E-state index is -4.41. The van der Waals surface area contributed by atoms with Crippen LogP contribution in [0.5, 0.6) is 0 Å². The third kappa shape index (κ3) is 41.9. The van der Waals surface area contributed by atoms with Crippen LogP contribution in [0.15, 0.2) is 122 Å². The zero-order chi connectivity index (χ0) is 41.8. The highest BCUT2D eigenvalue weighted by atomic mass is 31.2. The lowest BCUT2D eigenvalue weighted by molar-refractivity contribution is -0.161. The maximum atomic E-state index is 12.6. The molecule has 0 aromatic heterocycles. The number of phosphoric acid groups is 1. The first-order valence-corrected chi connectivity index (χ1v) is 22.5. The molecule has 57 heavy (non-hydrogen) atoms. The van der Waals surface area contributed by atoms with Gasteiger partial charge < -0.3 is 20.1 Å². The van der Waals surface area contributed by atoms with Crippen LogP contribution < -0.4 is 5.73 Å². The van der Waals surface area contributed by atoms with E-state index >= 15 is 0 Å². The van der Waals surface area contributed by atoms with E-state index in [1.54, 1.807) is 0 Å². The third-order valence-electron chi connectivity index (χ3n) is 7.84. The summed E-state index contributed by atoms with van der Waals surface area (Å²) in [6.45, 7) is 3.36. The Balaban J connectivity index is 4.36. The van der Waals surface area contributed by atoms with Gasteiger partial charge in [0, 0.05) is 19.4 Å². The van der Waals surface area contributed by atoms with Crippen molar-refractivity contribution in [2.75, 3.05) is 26.4 Å². The SMILES string of the molecule is CC/C=C\C/C=C\C/C=C\C/C=C\C/C=C\C/C=C\CCCCC(=O)OC(COC(=O)CCCC/C=C\C/C=C\C/C=C\C/C=C\CC)COP(=O)(O)OCCN. The number of unbranched alkanes of at least 4 members (excludes halogenated alkanes) is 4. The molecule has 0 aliphatic carbocycles. The molecule has 2 atom stereocenters. The molecule has 0 aliphatic heterocycles. The summed E-state index contributed by atoms with van der Waals surface area (Å²) in [6, 6.07) is 0. The van der Waals surface area contributed by atoms with Crippen molar-refractivity contribution in [3.8, 4) is 0 Å². The molecule has 0 rings (SSSR count). The van der Waals surface area contributed by atoms with Gasteiger partial charge >= 0.3 is 19.8 Å². The fraction of sp³-hybridized carbons (Fsp3) is 0.532. The van der Waals surface area contributed by atoms with Crippen LogP contribution in [-0.4, -0.2) is 49.3 Å². The first-order valence-electron chi connectivity index (χ1n) is 21.0. The molecule has 0 spiro atoms. The standard InChI is InChI=1S/C47H74NO8P/c1-3-5-7-9-11-13-15-17-19-20-21-22-23-24-26-28-30-32-34-36-38-40-47(50)56-45(44-55-57(51,52)54-42-41-48)43-53-46(49)39-37-35-33-31-29-27-25-18-16-14-12-10-8-6-4-2/h5-8,11-14,17-19,21-22,24-26,29-32,45H,3-4,9-10,15-16,20,23,27-28,33-44,48H2,1-2H3,(H,51,52)/b7-5-,8-6-,13-11-,14-12-,19-17-,22-21-,25-18-,26-24-,31-29-,32-30-. The highest BCUT2D eigenvalue weighted by Crippen LogP contribution is 2.43. The minimum absolute atomic E-state index is 0.0325. The van der Waals surface area contributed by atoms with E-state index in [9.17, 15) is 19.0 Å². The molecule has 9 nitrogen and oxygen atoms in total. The van der Waals surface area contributed by atoms with Crippen molar-refractivity contribution < 1.29 is 37.6 Å². The lowest BCUT2D eigenvalue weighted by Gasteiger charge is -2.19. The Morgan fingerprint density at radius 2 is 0.895 bits per heavy atom. The summed E-state index contributed by atoms with van der Waals surface area (Å²) in [7, 11) is -4.41. The molecule has 0 heterocycles. The van der Waals surface area contributed by atoms with Crippen LogP contribution in [0, 0.1) is 0 Å². The van der Waals surface area contributed by atoms with Crippen molar-refractivity contribution in [3.63, 3.8) is 0 Å². The number of esters is 2. The van der Waals surface area contributed by atoms with E-state index in [-0.39, 0.29) is 32.6 Å². The van der Waals surface area contributed by atoms with Crippen LogP contribution in [0.25, 0.3) is 0 Å². The van der Waals surface area contributed by atoms with Crippen molar-refractivity contribution >= 4 is 19.8 Å². The van der Waals surface area contributed by atoms with Gasteiger partial charge in [0.25, 0.3) is 0 Å². The molecular weight excluding hydrogens is 737 g/mol. The molecule has 0 amide bonds. The summed E-state index contributed by atoms with van der Waals surface area (Å²) in [6.07, 6.45) is 56.6. The smallest absolute Gasteiger partial charge is 0.462 e. The first kappa shape index (κ1) is 53.4. The normalized spacial score (nSPS) is 14.5. The van der Waals surface area contributed by atoms with Gasteiger partial charge in [0.15, 0.2) is 6.10 Å². The molecule has 0 radical (unpaired) electrons. The van der Waals surface area contributed by atoms with Crippen LogP contribution in [0.1, 0.15) is 129 Å². The molecule has 2 unspecified atom stereocenters. The fourth-order valence-electron chi connectivity index (χ4n) is 4.80. The van der Waals surface area contributed by atoms with Crippen molar-refractivity contribution in [1.82, 2.24) is 0 Å². The summed E-state index contributed by atoms with van der Waals surface area (Å²) >= 11 is 0. The van der Waals surface area contributed by atoms with Crippen LogP contribution in [0.3, 0.4) is 0 Å². The Morgan fingerprint density at radius 1 is 0.526 bits per heavy atom. The minimum Gasteiger partial charge on any atom is -0.462 e.